The SMILES string of the molecule is CCOc1cc(/C=C2/NC(=S)N(C3CCCCC3)C2=O)ccc1OCc1ccc(F)cc1. The van der Waals surface area contributed by atoms with Crippen molar-refractivity contribution in [3.05, 3.63) is 65.1 Å². The quantitative estimate of drug-likeness (QED) is 0.461. The van der Waals surface area contributed by atoms with E-state index in [4.69, 9.17) is 21.7 Å². The molecule has 5 nitrogen and oxygen atoms in total. The molecule has 1 N–H and O–H groups in total. The Morgan fingerprint density at radius 1 is 1.09 bits per heavy atom. The third-order valence-corrected chi connectivity index (χ3v) is 6.03. The van der Waals surface area contributed by atoms with Crippen molar-refractivity contribution in [3.63, 3.8) is 0 Å². The first-order valence-electron chi connectivity index (χ1n) is 11.1. The smallest absolute Gasteiger partial charge is 0.276 e. The second kappa shape index (κ2) is 10.1. The predicted molar refractivity (Wildman–Crippen MR) is 126 cm³/mol. The van der Waals surface area contributed by atoms with Crippen molar-refractivity contribution in [1.29, 1.82) is 0 Å². The van der Waals surface area contributed by atoms with Gasteiger partial charge >= 0.3 is 0 Å². The number of benzene rings is 2. The number of hydrogen-bond donors (Lipinski definition) is 1. The normalized spacial score (nSPS) is 18.2. The van der Waals surface area contributed by atoms with E-state index in [2.05, 4.69) is 5.32 Å². The first kappa shape index (κ1) is 22.3. The lowest BCUT2D eigenvalue weighted by atomic mass is 9.94. The molecule has 1 heterocycles. The van der Waals surface area contributed by atoms with Gasteiger partial charge in [-0.05, 0) is 73.5 Å². The van der Waals surface area contributed by atoms with Crippen LogP contribution in [0.25, 0.3) is 6.08 Å². The third kappa shape index (κ3) is 5.10. The van der Waals surface area contributed by atoms with E-state index in [1.54, 1.807) is 23.1 Å². The summed E-state index contributed by atoms with van der Waals surface area (Å²) in [5.41, 5.74) is 2.15. The summed E-state index contributed by atoms with van der Waals surface area (Å²) in [5, 5.41) is 3.57. The van der Waals surface area contributed by atoms with Crippen LogP contribution in [0.3, 0.4) is 0 Å². The Bertz CT molecular complexity index is 1020. The number of rotatable bonds is 7. The fourth-order valence-electron chi connectivity index (χ4n) is 4.13. The van der Waals surface area contributed by atoms with Gasteiger partial charge in [-0.25, -0.2) is 4.39 Å². The highest BCUT2D eigenvalue weighted by molar-refractivity contribution is 7.80. The summed E-state index contributed by atoms with van der Waals surface area (Å²) in [6, 6.07) is 11.9. The largest absolute Gasteiger partial charge is 0.490 e. The summed E-state index contributed by atoms with van der Waals surface area (Å²) < 4.78 is 24.8. The van der Waals surface area contributed by atoms with E-state index in [0.717, 1.165) is 36.8 Å². The molecular formula is C25H27FN2O3S. The Labute approximate surface area is 193 Å². The van der Waals surface area contributed by atoms with E-state index in [0.29, 0.717) is 35.5 Å². The molecule has 1 amide bonds. The lowest BCUT2D eigenvalue weighted by molar-refractivity contribution is -0.124. The second-order valence-electron chi connectivity index (χ2n) is 8.01. The third-order valence-electron chi connectivity index (χ3n) is 5.74. The molecule has 2 aromatic rings. The van der Waals surface area contributed by atoms with Gasteiger partial charge in [0.05, 0.1) is 6.61 Å². The Morgan fingerprint density at radius 2 is 1.84 bits per heavy atom. The lowest BCUT2D eigenvalue weighted by Crippen LogP contribution is -2.41. The predicted octanol–water partition coefficient (Wildman–Crippen LogP) is 5.19. The van der Waals surface area contributed by atoms with Crippen LogP contribution >= 0.6 is 12.2 Å². The summed E-state index contributed by atoms with van der Waals surface area (Å²) in [6.07, 6.45) is 7.27. The van der Waals surface area contributed by atoms with Crippen LogP contribution < -0.4 is 14.8 Å². The second-order valence-corrected chi connectivity index (χ2v) is 8.40. The van der Waals surface area contributed by atoms with Crippen LogP contribution in [0.4, 0.5) is 4.39 Å². The van der Waals surface area contributed by atoms with Gasteiger partial charge in [0.15, 0.2) is 16.6 Å². The van der Waals surface area contributed by atoms with Gasteiger partial charge in [-0.1, -0.05) is 37.5 Å². The highest BCUT2D eigenvalue weighted by atomic mass is 32.1. The molecule has 32 heavy (non-hydrogen) atoms. The van der Waals surface area contributed by atoms with E-state index in [9.17, 15) is 9.18 Å². The molecule has 2 aliphatic rings. The van der Waals surface area contributed by atoms with Gasteiger partial charge in [-0.2, -0.15) is 0 Å². The molecular weight excluding hydrogens is 427 g/mol. The number of carbonyl (C=O) groups is 1. The molecule has 0 unspecified atom stereocenters. The van der Waals surface area contributed by atoms with Crippen LogP contribution in [-0.4, -0.2) is 28.6 Å². The van der Waals surface area contributed by atoms with Crippen molar-refractivity contribution in [2.75, 3.05) is 6.61 Å². The van der Waals surface area contributed by atoms with Crippen molar-refractivity contribution in [3.8, 4) is 11.5 Å². The van der Waals surface area contributed by atoms with Crippen LogP contribution in [0.1, 0.15) is 50.2 Å². The number of nitrogens with zero attached hydrogens (tertiary/aromatic N) is 1. The van der Waals surface area contributed by atoms with Crippen LogP contribution in [0.2, 0.25) is 0 Å². The highest BCUT2D eigenvalue weighted by Gasteiger charge is 2.36. The van der Waals surface area contributed by atoms with Crippen molar-refractivity contribution < 1.29 is 18.7 Å². The molecule has 0 spiro atoms. The van der Waals surface area contributed by atoms with Crippen molar-refractivity contribution in [2.45, 2.75) is 51.7 Å². The fourth-order valence-corrected chi connectivity index (χ4v) is 4.47. The number of carbonyl (C=O) groups excluding carboxylic acids is 1. The van der Waals surface area contributed by atoms with E-state index in [-0.39, 0.29) is 17.8 Å². The molecule has 0 atom stereocenters. The Kier molecular flexibility index (Phi) is 7.05. The standard InChI is InChI=1S/C25H27FN2O3S/c1-2-30-23-15-18(10-13-22(23)31-16-17-8-11-19(26)12-9-17)14-21-24(29)28(25(32)27-21)20-6-4-3-5-7-20/h8-15,20H,2-7,16H2,1H3,(H,27,32)/b21-14+. The average Bonchev–Trinajstić information content (AvgIpc) is 3.08. The van der Waals surface area contributed by atoms with Crippen LogP contribution in [0, 0.1) is 5.82 Å². The number of nitrogens with one attached hydrogen (secondary N) is 1. The average molecular weight is 455 g/mol. The molecule has 1 aliphatic heterocycles. The first-order valence-corrected chi connectivity index (χ1v) is 11.5. The number of amides is 1. The summed E-state index contributed by atoms with van der Waals surface area (Å²) >= 11 is 5.45. The topological polar surface area (TPSA) is 50.8 Å². The molecule has 4 rings (SSSR count). The Morgan fingerprint density at radius 3 is 2.56 bits per heavy atom. The van der Waals surface area contributed by atoms with Gasteiger partial charge < -0.3 is 14.8 Å². The molecule has 1 saturated carbocycles. The summed E-state index contributed by atoms with van der Waals surface area (Å²) in [6.45, 7) is 2.67. The Balaban J connectivity index is 1.50. The highest BCUT2D eigenvalue weighted by Crippen LogP contribution is 2.31. The molecule has 0 aromatic heterocycles. The number of hydrogen-bond acceptors (Lipinski definition) is 4. The minimum absolute atomic E-state index is 0.0727. The summed E-state index contributed by atoms with van der Waals surface area (Å²) in [4.78, 5) is 14.7. The number of ether oxygens (including phenoxy) is 2. The van der Waals surface area contributed by atoms with Crippen molar-refractivity contribution in [2.24, 2.45) is 0 Å². The number of halogens is 1. The maximum absolute atomic E-state index is 13.1. The monoisotopic (exact) mass is 454 g/mol. The maximum Gasteiger partial charge on any atom is 0.276 e. The molecule has 7 heteroatoms. The van der Waals surface area contributed by atoms with Crippen LogP contribution in [0.5, 0.6) is 11.5 Å². The van der Waals surface area contributed by atoms with Crippen molar-refractivity contribution >= 4 is 29.3 Å². The molecule has 1 aliphatic carbocycles. The van der Waals surface area contributed by atoms with E-state index in [1.165, 1.54) is 18.6 Å². The van der Waals surface area contributed by atoms with Crippen molar-refractivity contribution in [1.82, 2.24) is 10.2 Å². The Hall–Kier alpha value is -2.93. The minimum Gasteiger partial charge on any atom is -0.490 e. The van der Waals surface area contributed by atoms with Crippen LogP contribution in [0.15, 0.2) is 48.2 Å². The molecule has 0 radical (unpaired) electrons. The molecule has 168 valence electrons. The van der Waals surface area contributed by atoms with E-state index in [1.807, 2.05) is 25.1 Å². The zero-order chi connectivity index (χ0) is 22.5. The molecule has 2 fully saturated rings. The van der Waals surface area contributed by atoms with Gasteiger partial charge in [-0.15, -0.1) is 0 Å². The number of thiocarbonyl (C=S) groups is 1. The zero-order valence-electron chi connectivity index (χ0n) is 18.1. The van der Waals surface area contributed by atoms with Gasteiger partial charge in [0.25, 0.3) is 5.91 Å². The van der Waals surface area contributed by atoms with Gasteiger partial charge in [-0.3, -0.25) is 9.69 Å². The van der Waals surface area contributed by atoms with Gasteiger partial charge in [0.1, 0.15) is 18.1 Å². The van der Waals surface area contributed by atoms with E-state index >= 15 is 0 Å². The summed E-state index contributed by atoms with van der Waals surface area (Å²) in [7, 11) is 0. The molecule has 0 bridgehead atoms. The minimum atomic E-state index is -0.280. The van der Waals surface area contributed by atoms with E-state index < -0.39 is 0 Å². The molecule has 2 aromatic carbocycles. The zero-order valence-corrected chi connectivity index (χ0v) is 18.9. The lowest BCUT2D eigenvalue weighted by Gasteiger charge is -2.29. The maximum atomic E-state index is 13.1. The molecule has 1 saturated heterocycles. The van der Waals surface area contributed by atoms with Gasteiger partial charge in [0, 0.05) is 6.04 Å². The fraction of sp³-hybridized carbons (Fsp3) is 0.360. The van der Waals surface area contributed by atoms with Gasteiger partial charge in [0.2, 0.25) is 0 Å². The first-order chi connectivity index (χ1) is 15.5. The van der Waals surface area contributed by atoms with Crippen LogP contribution in [-0.2, 0) is 11.4 Å². The summed E-state index contributed by atoms with van der Waals surface area (Å²) in [5.74, 6) is 0.818.